The Bertz CT molecular complexity index is 404. The maximum Gasteiger partial charge on any atom is 0.224 e. The number of hydrogen-bond donors (Lipinski definition) is 2. The van der Waals surface area contributed by atoms with E-state index in [1.807, 2.05) is 12.1 Å². The average Bonchev–Trinajstić information content (AvgIpc) is 2.35. The van der Waals surface area contributed by atoms with Gasteiger partial charge < -0.3 is 11.1 Å². The number of amides is 1. The molecule has 0 aliphatic rings. The van der Waals surface area contributed by atoms with Crippen LogP contribution in [0.5, 0.6) is 0 Å². The van der Waals surface area contributed by atoms with Gasteiger partial charge in [-0.1, -0.05) is 39.8 Å². The van der Waals surface area contributed by atoms with Gasteiger partial charge in [0.25, 0.3) is 0 Å². The molecule has 1 aromatic carbocycles. The van der Waals surface area contributed by atoms with Crippen molar-refractivity contribution in [3.63, 3.8) is 0 Å². The molecule has 3 heteroatoms. The van der Waals surface area contributed by atoms with Crippen LogP contribution in [0.2, 0.25) is 0 Å². The maximum absolute atomic E-state index is 11.8. The molecule has 0 radical (unpaired) electrons. The third kappa shape index (κ3) is 5.43. The summed E-state index contributed by atoms with van der Waals surface area (Å²) in [7, 11) is 0. The van der Waals surface area contributed by atoms with Gasteiger partial charge in [-0.15, -0.1) is 0 Å². The SMILES string of the molecule is CC(CN)CCC(=O)Nc1ccc(C(C)(C)C)cc1. The Labute approximate surface area is 116 Å². The van der Waals surface area contributed by atoms with E-state index in [0.29, 0.717) is 18.9 Å². The number of rotatable bonds is 5. The van der Waals surface area contributed by atoms with Crippen molar-refractivity contribution in [1.82, 2.24) is 0 Å². The van der Waals surface area contributed by atoms with E-state index in [4.69, 9.17) is 5.73 Å². The quantitative estimate of drug-likeness (QED) is 0.855. The van der Waals surface area contributed by atoms with Gasteiger partial charge in [0.1, 0.15) is 0 Å². The lowest BCUT2D eigenvalue weighted by molar-refractivity contribution is -0.116. The molecule has 1 rings (SSSR count). The molecular weight excluding hydrogens is 236 g/mol. The van der Waals surface area contributed by atoms with E-state index in [1.54, 1.807) is 0 Å². The lowest BCUT2D eigenvalue weighted by atomic mass is 9.87. The molecule has 3 N–H and O–H groups in total. The van der Waals surface area contributed by atoms with Gasteiger partial charge in [-0.25, -0.2) is 0 Å². The van der Waals surface area contributed by atoms with Crippen LogP contribution < -0.4 is 11.1 Å². The summed E-state index contributed by atoms with van der Waals surface area (Å²) in [6, 6.07) is 8.06. The van der Waals surface area contributed by atoms with Crippen LogP contribution in [-0.2, 0) is 10.2 Å². The van der Waals surface area contributed by atoms with E-state index in [0.717, 1.165) is 12.1 Å². The third-order valence-corrected chi connectivity index (χ3v) is 3.30. The van der Waals surface area contributed by atoms with E-state index in [2.05, 4.69) is 45.1 Å². The molecule has 3 nitrogen and oxygen atoms in total. The van der Waals surface area contributed by atoms with Gasteiger partial charge in [-0.05, 0) is 42.0 Å². The maximum atomic E-state index is 11.8. The topological polar surface area (TPSA) is 55.1 Å². The molecule has 0 saturated heterocycles. The Morgan fingerprint density at radius 3 is 2.32 bits per heavy atom. The molecular formula is C16H26N2O. The van der Waals surface area contributed by atoms with Gasteiger partial charge >= 0.3 is 0 Å². The van der Waals surface area contributed by atoms with Gasteiger partial charge in [-0.2, -0.15) is 0 Å². The highest BCUT2D eigenvalue weighted by Gasteiger charge is 2.13. The average molecular weight is 262 g/mol. The van der Waals surface area contributed by atoms with E-state index in [9.17, 15) is 4.79 Å². The first-order valence-electron chi connectivity index (χ1n) is 6.93. The zero-order valence-corrected chi connectivity index (χ0v) is 12.5. The molecule has 0 bridgehead atoms. The number of nitrogens with two attached hydrogens (primary N) is 1. The van der Waals surface area contributed by atoms with Crippen LogP contribution >= 0.6 is 0 Å². The molecule has 1 amide bonds. The Balaban J connectivity index is 2.51. The second-order valence-corrected chi connectivity index (χ2v) is 6.26. The molecule has 1 atom stereocenters. The van der Waals surface area contributed by atoms with Crippen LogP contribution in [0.15, 0.2) is 24.3 Å². The highest BCUT2D eigenvalue weighted by molar-refractivity contribution is 5.90. The summed E-state index contributed by atoms with van der Waals surface area (Å²) in [5.74, 6) is 0.456. The van der Waals surface area contributed by atoms with Crippen molar-refractivity contribution in [2.24, 2.45) is 11.7 Å². The lowest BCUT2D eigenvalue weighted by Crippen LogP contribution is -2.16. The largest absolute Gasteiger partial charge is 0.330 e. The van der Waals surface area contributed by atoms with Crippen molar-refractivity contribution >= 4 is 11.6 Å². The summed E-state index contributed by atoms with van der Waals surface area (Å²) in [6.45, 7) is 9.22. The molecule has 106 valence electrons. The van der Waals surface area contributed by atoms with Gasteiger partial charge in [0.15, 0.2) is 0 Å². The van der Waals surface area contributed by atoms with Crippen molar-refractivity contribution in [1.29, 1.82) is 0 Å². The molecule has 0 aliphatic carbocycles. The van der Waals surface area contributed by atoms with Crippen molar-refractivity contribution in [3.05, 3.63) is 29.8 Å². The molecule has 0 saturated carbocycles. The predicted octanol–water partition coefficient (Wildman–Crippen LogP) is 3.30. The second kappa shape index (κ2) is 6.71. The first-order chi connectivity index (χ1) is 8.82. The van der Waals surface area contributed by atoms with E-state index in [-0.39, 0.29) is 11.3 Å². The Morgan fingerprint density at radius 2 is 1.84 bits per heavy atom. The number of carbonyl (C=O) groups excluding carboxylic acids is 1. The van der Waals surface area contributed by atoms with Crippen molar-refractivity contribution in [3.8, 4) is 0 Å². The Hall–Kier alpha value is -1.35. The molecule has 0 aliphatic heterocycles. The minimum absolute atomic E-state index is 0.0591. The Morgan fingerprint density at radius 1 is 1.26 bits per heavy atom. The van der Waals surface area contributed by atoms with Crippen LogP contribution in [0.25, 0.3) is 0 Å². The normalized spacial score (nSPS) is 13.1. The van der Waals surface area contributed by atoms with Crippen LogP contribution in [0.3, 0.4) is 0 Å². The minimum Gasteiger partial charge on any atom is -0.330 e. The number of hydrogen-bond acceptors (Lipinski definition) is 2. The van der Waals surface area contributed by atoms with E-state index >= 15 is 0 Å². The predicted molar refractivity (Wildman–Crippen MR) is 81.2 cm³/mol. The fourth-order valence-corrected chi connectivity index (χ4v) is 1.77. The fraction of sp³-hybridized carbons (Fsp3) is 0.562. The van der Waals surface area contributed by atoms with Gasteiger partial charge in [-0.3, -0.25) is 4.79 Å². The number of benzene rings is 1. The number of anilines is 1. The summed E-state index contributed by atoms with van der Waals surface area (Å²) < 4.78 is 0. The molecule has 0 spiro atoms. The summed E-state index contributed by atoms with van der Waals surface area (Å²) in [4.78, 5) is 11.8. The fourth-order valence-electron chi connectivity index (χ4n) is 1.77. The van der Waals surface area contributed by atoms with Crippen LogP contribution in [0.1, 0.15) is 46.1 Å². The highest BCUT2D eigenvalue weighted by Crippen LogP contribution is 2.23. The van der Waals surface area contributed by atoms with Crippen molar-refractivity contribution in [2.45, 2.75) is 46.0 Å². The van der Waals surface area contributed by atoms with Crippen molar-refractivity contribution in [2.75, 3.05) is 11.9 Å². The van der Waals surface area contributed by atoms with Gasteiger partial charge in [0.2, 0.25) is 5.91 Å². The van der Waals surface area contributed by atoms with Gasteiger partial charge in [0, 0.05) is 12.1 Å². The third-order valence-electron chi connectivity index (χ3n) is 3.30. The zero-order chi connectivity index (χ0) is 14.5. The minimum atomic E-state index is 0.0591. The molecule has 1 unspecified atom stereocenters. The molecule has 1 aromatic rings. The van der Waals surface area contributed by atoms with E-state index in [1.165, 1.54) is 5.56 Å². The van der Waals surface area contributed by atoms with Crippen LogP contribution in [0, 0.1) is 5.92 Å². The van der Waals surface area contributed by atoms with Crippen LogP contribution in [-0.4, -0.2) is 12.5 Å². The zero-order valence-electron chi connectivity index (χ0n) is 12.5. The Kier molecular flexibility index (Phi) is 5.55. The first-order valence-corrected chi connectivity index (χ1v) is 6.93. The molecule has 0 aromatic heterocycles. The standard InChI is InChI=1S/C16H26N2O/c1-12(11-17)5-10-15(19)18-14-8-6-13(7-9-14)16(2,3)4/h6-9,12H,5,10-11,17H2,1-4H3,(H,18,19). The monoisotopic (exact) mass is 262 g/mol. The summed E-state index contributed by atoms with van der Waals surface area (Å²) in [5, 5.41) is 2.92. The summed E-state index contributed by atoms with van der Waals surface area (Å²) in [6.07, 6.45) is 1.36. The number of carbonyl (C=O) groups is 1. The van der Waals surface area contributed by atoms with Crippen LogP contribution in [0.4, 0.5) is 5.69 Å². The molecule has 19 heavy (non-hydrogen) atoms. The smallest absolute Gasteiger partial charge is 0.224 e. The summed E-state index contributed by atoms with van der Waals surface area (Å²) in [5.41, 5.74) is 7.80. The molecule has 0 fully saturated rings. The lowest BCUT2D eigenvalue weighted by Gasteiger charge is -2.19. The first kappa shape index (κ1) is 15.7. The van der Waals surface area contributed by atoms with E-state index < -0.39 is 0 Å². The van der Waals surface area contributed by atoms with Crippen molar-refractivity contribution < 1.29 is 4.79 Å². The van der Waals surface area contributed by atoms with Gasteiger partial charge in [0.05, 0.1) is 0 Å². The second-order valence-electron chi connectivity index (χ2n) is 6.26. The highest BCUT2D eigenvalue weighted by atomic mass is 16.1. The molecule has 0 heterocycles. The number of nitrogens with one attached hydrogen (secondary N) is 1. The summed E-state index contributed by atoms with van der Waals surface area (Å²) >= 11 is 0.